The van der Waals surface area contributed by atoms with Crippen LogP contribution < -0.4 is 10.9 Å². The molecule has 7 nitrogen and oxygen atoms in total. The molecule has 0 atom stereocenters. The first-order chi connectivity index (χ1) is 15.1. The largest absolute Gasteiger partial charge is 0.451 e. The molecule has 0 unspecified atom stereocenters. The highest BCUT2D eigenvalue weighted by Crippen LogP contribution is 2.22. The van der Waals surface area contributed by atoms with Gasteiger partial charge in [-0.15, -0.1) is 0 Å². The summed E-state index contributed by atoms with van der Waals surface area (Å²) in [6.07, 6.45) is 5.90. The normalized spacial score (nSPS) is 14.3. The third-order valence-electron chi connectivity index (χ3n) is 5.65. The number of carbonyl (C=O) groups excluding carboxylic acids is 2. The zero-order chi connectivity index (χ0) is 21.6. The fourth-order valence-electron chi connectivity index (χ4n) is 3.98. The Morgan fingerprint density at radius 2 is 1.65 bits per heavy atom. The molecule has 1 heterocycles. The zero-order valence-electron chi connectivity index (χ0n) is 17.3. The highest BCUT2D eigenvalue weighted by molar-refractivity contribution is 6.02. The van der Waals surface area contributed by atoms with E-state index in [4.69, 9.17) is 4.74 Å². The molecule has 3 aromatic rings. The fraction of sp³-hybridized carbons (Fsp3) is 0.333. The van der Waals surface area contributed by atoms with Crippen molar-refractivity contribution in [3.63, 3.8) is 0 Å². The van der Waals surface area contributed by atoms with Crippen LogP contribution in [0.15, 0.2) is 59.4 Å². The van der Waals surface area contributed by atoms with Gasteiger partial charge in [0.05, 0.1) is 11.1 Å². The maximum absolute atomic E-state index is 12.9. The van der Waals surface area contributed by atoms with Crippen molar-refractivity contribution < 1.29 is 14.3 Å². The van der Waals surface area contributed by atoms with Gasteiger partial charge in [0.2, 0.25) is 0 Å². The van der Waals surface area contributed by atoms with Gasteiger partial charge < -0.3 is 10.1 Å². The van der Waals surface area contributed by atoms with Crippen molar-refractivity contribution in [2.45, 2.75) is 32.1 Å². The molecule has 0 saturated heterocycles. The lowest BCUT2D eigenvalue weighted by molar-refractivity contribution is -0.124. The molecule has 4 rings (SSSR count). The number of para-hydroxylation sites is 1. The molecule has 1 fully saturated rings. The second-order valence-electron chi connectivity index (χ2n) is 7.83. The Bertz CT molecular complexity index is 1130. The Labute approximate surface area is 180 Å². The molecule has 160 valence electrons. The summed E-state index contributed by atoms with van der Waals surface area (Å²) >= 11 is 0. The van der Waals surface area contributed by atoms with Crippen molar-refractivity contribution in [2.24, 2.45) is 5.92 Å². The van der Waals surface area contributed by atoms with E-state index in [2.05, 4.69) is 10.4 Å². The van der Waals surface area contributed by atoms with Crippen molar-refractivity contribution in [2.75, 3.05) is 13.2 Å². The van der Waals surface area contributed by atoms with E-state index < -0.39 is 5.97 Å². The van der Waals surface area contributed by atoms with Gasteiger partial charge in [-0.1, -0.05) is 55.7 Å². The van der Waals surface area contributed by atoms with Crippen molar-refractivity contribution >= 4 is 22.6 Å². The Morgan fingerprint density at radius 3 is 2.39 bits per heavy atom. The smallest absolute Gasteiger partial charge is 0.359 e. The minimum Gasteiger partial charge on any atom is -0.451 e. The number of carbonyl (C=O) groups is 2. The molecule has 1 aromatic heterocycles. The molecule has 31 heavy (non-hydrogen) atoms. The number of hydrogen-bond donors (Lipinski definition) is 1. The van der Waals surface area contributed by atoms with Gasteiger partial charge in [-0.3, -0.25) is 9.59 Å². The fourth-order valence-corrected chi connectivity index (χ4v) is 3.98. The topological polar surface area (TPSA) is 90.3 Å². The van der Waals surface area contributed by atoms with E-state index in [1.807, 2.05) is 6.07 Å². The first-order valence-corrected chi connectivity index (χ1v) is 10.6. The van der Waals surface area contributed by atoms with Crippen molar-refractivity contribution in [1.29, 1.82) is 0 Å². The summed E-state index contributed by atoms with van der Waals surface area (Å²) in [7, 11) is 0. The summed E-state index contributed by atoms with van der Waals surface area (Å²) in [5.74, 6) is -0.582. The molecule has 0 radical (unpaired) electrons. The van der Waals surface area contributed by atoms with Gasteiger partial charge in [-0.25, -0.2) is 4.79 Å². The molecular weight excluding hydrogens is 394 g/mol. The van der Waals surface area contributed by atoms with Crippen LogP contribution in [0.3, 0.4) is 0 Å². The van der Waals surface area contributed by atoms with E-state index in [9.17, 15) is 14.4 Å². The number of esters is 1. The molecule has 1 N–H and O–H groups in total. The van der Waals surface area contributed by atoms with E-state index >= 15 is 0 Å². The van der Waals surface area contributed by atoms with E-state index in [0.717, 1.165) is 12.8 Å². The lowest BCUT2D eigenvalue weighted by Gasteiger charge is -2.21. The third-order valence-corrected chi connectivity index (χ3v) is 5.65. The predicted molar refractivity (Wildman–Crippen MR) is 117 cm³/mol. The molecule has 1 amide bonds. The standard InChI is InChI=1S/C24H25N3O4/c28-21(25-15-17-9-3-1-4-10-17)16-31-24(30)22-19-13-7-8-14-20(19)23(29)27(26-22)18-11-5-2-6-12-18/h2,5-8,11-14,17H,1,3-4,9-10,15-16H2,(H,25,28). The number of nitrogens with zero attached hydrogens (tertiary/aromatic N) is 2. The molecule has 1 aliphatic rings. The number of amides is 1. The molecule has 0 aliphatic heterocycles. The van der Waals surface area contributed by atoms with Crippen molar-refractivity contribution in [1.82, 2.24) is 15.1 Å². The Morgan fingerprint density at radius 1 is 0.968 bits per heavy atom. The number of aromatic nitrogens is 2. The van der Waals surface area contributed by atoms with Crippen molar-refractivity contribution in [3.8, 4) is 5.69 Å². The predicted octanol–water partition coefficient (Wildman–Crippen LogP) is 3.24. The summed E-state index contributed by atoms with van der Waals surface area (Å²) in [5.41, 5.74) is 0.209. The minimum atomic E-state index is -0.742. The maximum atomic E-state index is 12.9. The second kappa shape index (κ2) is 9.55. The van der Waals surface area contributed by atoms with Crippen LogP contribution in [0.2, 0.25) is 0 Å². The van der Waals surface area contributed by atoms with Crippen LogP contribution in [0.25, 0.3) is 16.5 Å². The van der Waals surface area contributed by atoms with E-state index in [0.29, 0.717) is 28.9 Å². The average Bonchev–Trinajstić information content (AvgIpc) is 2.83. The molecule has 2 aromatic carbocycles. The van der Waals surface area contributed by atoms with Crippen molar-refractivity contribution in [3.05, 3.63) is 70.6 Å². The Kier molecular flexibility index (Phi) is 6.40. The molecule has 0 bridgehead atoms. The average molecular weight is 419 g/mol. The van der Waals surface area contributed by atoms with Crippen LogP contribution in [0.1, 0.15) is 42.6 Å². The number of ether oxygens (including phenoxy) is 1. The monoisotopic (exact) mass is 419 g/mol. The first kappa shape index (κ1) is 20.8. The van der Waals surface area contributed by atoms with Crippen LogP contribution in [0.5, 0.6) is 0 Å². The van der Waals surface area contributed by atoms with Crippen LogP contribution in [-0.2, 0) is 9.53 Å². The van der Waals surface area contributed by atoms with Gasteiger partial charge in [0.1, 0.15) is 0 Å². The minimum absolute atomic E-state index is 0.000802. The van der Waals surface area contributed by atoms with Gasteiger partial charge >= 0.3 is 5.97 Å². The Hall–Kier alpha value is -3.48. The lowest BCUT2D eigenvalue weighted by Crippen LogP contribution is -2.34. The first-order valence-electron chi connectivity index (χ1n) is 10.6. The Balaban J connectivity index is 1.51. The molecule has 0 spiro atoms. The van der Waals surface area contributed by atoms with Crippen LogP contribution in [-0.4, -0.2) is 34.8 Å². The van der Waals surface area contributed by atoms with Gasteiger partial charge in [0.15, 0.2) is 12.3 Å². The van der Waals surface area contributed by atoms with Gasteiger partial charge in [-0.2, -0.15) is 9.78 Å². The molecule has 1 aliphatic carbocycles. The van der Waals surface area contributed by atoms with E-state index in [1.54, 1.807) is 48.5 Å². The number of fused-ring (bicyclic) bond motifs is 1. The quantitative estimate of drug-likeness (QED) is 0.620. The van der Waals surface area contributed by atoms with E-state index in [-0.39, 0.29) is 23.8 Å². The van der Waals surface area contributed by atoms with Crippen LogP contribution >= 0.6 is 0 Å². The lowest BCUT2D eigenvalue weighted by atomic mass is 9.89. The van der Waals surface area contributed by atoms with Crippen LogP contribution in [0, 0.1) is 5.92 Å². The third kappa shape index (κ3) is 4.82. The number of benzene rings is 2. The zero-order valence-corrected chi connectivity index (χ0v) is 17.3. The van der Waals surface area contributed by atoms with Gasteiger partial charge in [0, 0.05) is 11.9 Å². The van der Waals surface area contributed by atoms with Crippen LogP contribution in [0.4, 0.5) is 0 Å². The summed E-state index contributed by atoms with van der Waals surface area (Å²) in [6.45, 7) is 0.225. The number of rotatable bonds is 6. The summed E-state index contributed by atoms with van der Waals surface area (Å²) in [5, 5.41) is 7.87. The highest BCUT2D eigenvalue weighted by atomic mass is 16.5. The van der Waals surface area contributed by atoms with Gasteiger partial charge in [-0.05, 0) is 37.0 Å². The molecular formula is C24H25N3O4. The van der Waals surface area contributed by atoms with E-state index in [1.165, 1.54) is 23.9 Å². The summed E-state index contributed by atoms with van der Waals surface area (Å²) in [4.78, 5) is 37.8. The summed E-state index contributed by atoms with van der Waals surface area (Å²) in [6, 6.07) is 15.6. The second-order valence-corrected chi connectivity index (χ2v) is 7.83. The molecule has 1 saturated carbocycles. The SMILES string of the molecule is O=C(COC(=O)c1nn(-c2ccccc2)c(=O)c2ccccc12)NCC1CCCCC1. The highest BCUT2D eigenvalue weighted by Gasteiger charge is 2.20. The number of nitrogens with one attached hydrogen (secondary N) is 1. The molecule has 7 heteroatoms. The maximum Gasteiger partial charge on any atom is 0.359 e. The summed E-state index contributed by atoms with van der Waals surface area (Å²) < 4.78 is 6.42. The number of hydrogen-bond acceptors (Lipinski definition) is 5. The van der Waals surface area contributed by atoms with Gasteiger partial charge in [0.25, 0.3) is 11.5 Å².